The van der Waals surface area contributed by atoms with Crippen LogP contribution >= 0.6 is 11.3 Å². The van der Waals surface area contributed by atoms with Crippen LogP contribution in [0.25, 0.3) is 0 Å². The summed E-state index contributed by atoms with van der Waals surface area (Å²) < 4.78 is 3.54. The number of carbonyl (C=O) groups is 1. The number of benzene rings is 1. The molecule has 4 rings (SSSR count). The van der Waals surface area contributed by atoms with E-state index in [1.54, 1.807) is 27.9 Å². The zero-order chi connectivity index (χ0) is 20.3. The van der Waals surface area contributed by atoms with E-state index in [9.17, 15) is 4.79 Å². The fraction of sp³-hybridized carbons (Fsp3) is 0.318. The molecule has 3 heterocycles. The summed E-state index contributed by atoms with van der Waals surface area (Å²) in [6.07, 6.45) is 6.00. The molecule has 7 heteroatoms. The normalized spacial score (nSPS) is 21.1. The standard InChI is InChI=1S/C15H18N4OS.C6H5.CH3.Sn/c1-3-4-5-13-11-21-14(17-13)18-15(20)19(2)10-12-6-8-16-9-7-12;1-2-4-6-5-3-1;;/h5-9,11H,1,3-4,10H2,2H3,(H,17,18,20);1-5H;1H3;. The van der Waals surface area contributed by atoms with Crippen molar-refractivity contribution in [1.29, 1.82) is 0 Å². The first kappa shape index (κ1) is 20.3. The topological polar surface area (TPSA) is 58.1 Å². The van der Waals surface area contributed by atoms with Crippen LogP contribution in [-0.4, -0.2) is 46.3 Å². The minimum absolute atomic E-state index is 0.136. The molecule has 0 aliphatic carbocycles. The number of urea groups is 1. The van der Waals surface area contributed by atoms with Crippen LogP contribution in [0.5, 0.6) is 0 Å². The molecule has 1 aliphatic rings. The predicted molar refractivity (Wildman–Crippen MR) is 121 cm³/mol. The first-order valence-corrected chi connectivity index (χ1v) is 18.8. The maximum atomic E-state index is 12.6. The second-order valence-corrected chi connectivity index (χ2v) is 22.0. The number of aromatic nitrogens is 2. The maximum absolute atomic E-state index is 12.6. The van der Waals surface area contributed by atoms with E-state index in [1.807, 2.05) is 12.1 Å². The molecule has 2 atom stereocenters. The summed E-state index contributed by atoms with van der Waals surface area (Å²) in [4.78, 5) is 25.7. The third-order valence-electron chi connectivity index (χ3n) is 6.00. The Morgan fingerprint density at radius 1 is 1.24 bits per heavy atom. The summed E-state index contributed by atoms with van der Waals surface area (Å²) in [7, 11) is 1.80. The molecule has 1 aromatic carbocycles. The van der Waals surface area contributed by atoms with E-state index in [-0.39, 0.29) is 6.03 Å². The average Bonchev–Trinajstić information content (AvgIpc) is 3.36. The van der Waals surface area contributed by atoms with Crippen molar-refractivity contribution in [2.24, 2.45) is 0 Å². The van der Waals surface area contributed by atoms with E-state index in [0.717, 1.165) is 5.56 Å². The van der Waals surface area contributed by atoms with Crippen molar-refractivity contribution in [3.63, 3.8) is 0 Å². The summed E-state index contributed by atoms with van der Waals surface area (Å²) >= 11 is -0.954. The van der Waals surface area contributed by atoms with E-state index in [2.05, 4.69) is 51.0 Å². The van der Waals surface area contributed by atoms with Gasteiger partial charge in [-0.05, 0) is 0 Å². The average molecular weight is 513 g/mol. The third kappa shape index (κ3) is 4.48. The Kier molecular flexibility index (Phi) is 6.20. The van der Waals surface area contributed by atoms with E-state index >= 15 is 0 Å². The minimum atomic E-state index is -2.49. The molecule has 1 unspecified atom stereocenters. The molecule has 1 saturated heterocycles. The zero-order valence-electron chi connectivity index (χ0n) is 16.8. The Hall–Kier alpha value is -1.93. The summed E-state index contributed by atoms with van der Waals surface area (Å²) in [6.45, 7) is 0.539. The molecule has 150 valence electrons. The number of thiazole rings is 1. The van der Waals surface area contributed by atoms with Gasteiger partial charge in [0.25, 0.3) is 0 Å². The summed E-state index contributed by atoms with van der Waals surface area (Å²) in [5.74, 6) is 0. The van der Waals surface area contributed by atoms with Gasteiger partial charge in [0.05, 0.1) is 0 Å². The summed E-state index contributed by atoms with van der Waals surface area (Å²) in [5, 5.41) is 5.83. The first-order chi connectivity index (χ1) is 14.1. The van der Waals surface area contributed by atoms with Crippen LogP contribution in [0.2, 0.25) is 9.38 Å². The molecule has 0 bridgehead atoms. The molecular formula is C22H26N4OSSn. The Labute approximate surface area is 180 Å². The fourth-order valence-corrected chi connectivity index (χ4v) is 18.5. The summed E-state index contributed by atoms with van der Waals surface area (Å²) in [5.41, 5.74) is 2.23. The van der Waals surface area contributed by atoms with Gasteiger partial charge in [0.2, 0.25) is 0 Å². The van der Waals surface area contributed by atoms with Crippen LogP contribution in [0.1, 0.15) is 28.0 Å². The van der Waals surface area contributed by atoms with Crippen LogP contribution < -0.4 is 8.90 Å². The Morgan fingerprint density at radius 2 is 2.00 bits per heavy atom. The molecular weight excluding hydrogens is 487 g/mol. The van der Waals surface area contributed by atoms with E-state index in [0.29, 0.717) is 15.6 Å². The fourth-order valence-electron chi connectivity index (χ4n) is 4.33. The van der Waals surface area contributed by atoms with Crippen LogP contribution in [0, 0.1) is 0 Å². The predicted octanol–water partition coefficient (Wildman–Crippen LogP) is 4.60. The van der Waals surface area contributed by atoms with Gasteiger partial charge in [-0.2, -0.15) is 0 Å². The zero-order valence-corrected chi connectivity index (χ0v) is 20.5. The van der Waals surface area contributed by atoms with Gasteiger partial charge in [0.15, 0.2) is 0 Å². The van der Waals surface area contributed by atoms with E-state index in [1.165, 1.54) is 34.3 Å². The van der Waals surface area contributed by atoms with Gasteiger partial charge in [-0.3, -0.25) is 0 Å². The Balaban J connectivity index is 1.45. The molecule has 1 aliphatic heterocycles. The number of hydrogen-bond donors (Lipinski definition) is 1. The second kappa shape index (κ2) is 8.83. The van der Waals surface area contributed by atoms with Crippen molar-refractivity contribution < 1.29 is 4.79 Å². The molecule has 3 aromatic rings. The number of nitrogens with zero attached hydrogens (tertiary/aromatic N) is 3. The van der Waals surface area contributed by atoms with Crippen molar-refractivity contribution in [1.82, 2.24) is 14.9 Å². The van der Waals surface area contributed by atoms with Crippen molar-refractivity contribution >= 4 is 44.5 Å². The molecule has 1 N–H and O–H groups in total. The molecule has 2 amide bonds. The number of nitrogens with one attached hydrogen (secondary N) is 1. The van der Waals surface area contributed by atoms with Gasteiger partial charge in [-0.25, -0.2) is 0 Å². The number of rotatable bonds is 5. The van der Waals surface area contributed by atoms with Crippen molar-refractivity contribution in [3.8, 4) is 0 Å². The van der Waals surface area contributed by atoms with E-state index < -0.39 is 18.4 Å². The number of hydrogen-bond acceptors (Lipinski definition) is 4. The molecule has 0 saturated carbocycles. The molecule has 1 fully saturated rings. The summed E-state index contributed by atoms with van der Waals surface area (Å²) in [6, 6.07) is 14.8. The van der Waals surface area contributed by atoms with Crippen LogP contribution in [0.3, 0.4) is 0 Å². The number of anilines is 1. The van der Waals surface area contributed by atoms with Crippen molar-refractivity contribution in [2.75, 3.05) is 12.4 Å². The van der Waals surface area contributed by atoms with E-state index in [4.69, 9.17) is 4.98 Å². The van der Waals surface area contributed by atoms with Gasteiger partial charge in [-0.15, -0.1) is 0 Å². The van der Waals surface area contributed by atoms with Crippen LogP contribution in [-0.2, 0) is 6.54 Å². The number of pyridine rings is 1. The van der Waals surface area contributed by atoms with Gasteiger partial charge < -0.3 is 0 Å². The van der Waals surface area contributed by atoms with Gasteiger partial charge >= 0.3 is 181 Å². The number of carbonyl (C=O) groups excluding carboxylic acids is 1. The molecule has 29 heavy (non-hydrogen) atoms. The third-order valence-corrected chi connectivity index (χ3v) is 21.5. The monoisotopic (exact) mass is 514 g/mol. The number of amides is 2. The second-order valence-electron chi connectivity index (χ2n) is 7.95. The molecule has 0 spiro atoms. The van der Waals surface area contributed by atoms with Crippen molar-refractivity contribution in [2.45, 2.75) is 32.7 Å². The molecule has 2 aromatic heterocycles. The van der Waals surface area contributed by atoms with Gasteiger partial charge in [0.1, 0.15) is 0 Å². The van der Waals surface area contributed by atoms with Crippen LogP contribution in [0.4, 0.5) is 9.93 Å². The molecule has 0 radical (unpaired) electrons. The van der Waals surface area contributed by atoms with Crippen LogP contribution in [0.15, 0.2) is 60.2 Å². The Bertz CT molecular complexity index is 965. The quantitative estimate of drug-likeness (QED) is 0.508. The van der Waals surface area contributed by atoms with Crippen molar-refractivity contribution in [3.05, 3.63) is 71.5 Å². The van der Waals surface area contributed by atoms with Gasteiger partial charge in [-0.1, -0.05) is 0 Å². The SMILES string of the molecule is CN(Cc1ccncc1)C(=O)Nc1nc([C@H]2CC[CH2][Sn]2([CH3])[c]2ccccc2)cs1. The van der Waals surface area contributed by atoms with Gasteiger partial charge in [0, 0.05) is 0 Å². The first-order valence-electron chi connectivity index (χ1n) is 9.98. The molecule has 5 nitrogen and oxygen atoms in total. The Morgan fingerprint density at radius 3 is 2.76 bits per heavy atom.